The van der Waals surface area contributed by atoms with Gasteiger partial charge in [0, 0.05) is 55.0 Å². The summed E-state index contributed by atoms with van der Waals surface area (Å²) in [6.45, 7) is 9.09. The molecule has 1 aliphatic heterocycles. The lowest BCUT2D eigenvalue weighted by molar-refractivity contribution is -0.126. The van der Waals surface area contributed by atoms with Crippen LogP contribution in [0.1, 0.15) is 36.8 Å². The van der Waals surface area contributed by atoms with Crippen molar-refractivity contribution in [3.63, 3.8) is 0 Å². The third-order valence-corrected chi connectivity index (χ3v) is 4.79. The summed E-state index contributed by atoms with van der Waals surface area (Å²) in [4.78, 5) is 25.8. The first kappa shape index (κ1) is 19.4. The summed E-state index contributed by atoms with van der Waals surface area (Å²) < 4.78 is 0. The van der Waals surface area contributed by atoms with Gasteiger partial charge in [-0.2, -0.15) is 0 Å². The minimum absolute atomic E-state index is 0.0244. The normalized spacial score (nSPS) is 15.0. The molecule has 1 aliphatic rings. The van der Waals surface area contributed by atoms with E-state index in [1.165, 1.54) is 0 Å². The maximum absolute atomic E-state index is 12.5. The Labute approximate surface area is 165 Å². The molecule has 2 heterocycles. The van der Waals surface area contributed by atoms with Crippen LogP contribution in [-0.4, -0.2) is 47.0 Å². The highest BCUT2D eigenvalue weighted by molar-refractivity contribution is 6.30. The van der Waals surface area contributed by atoms with E-state index in [1.54, 1.807) is 6.08 Å². The Morgan fingerprint density at radius 3 is 2.56 bits per heavy atom. The number of benzene rings is 1. The lowest BCUT2D eigenvalue weighted by Crippen LogP contribution is -2.48. The Balaban J connectivity index is 1.61. The van der Waals surface area contributed by atoms with Crippen molar-refractivity contribution in [1.29, 1.82) is 0 Å². The van der Waals surface area contributed by atoms with Crippen LogP contribution in [0.25, 0.3) is 6.08 Å². The summed E-state index contributed by atoms with van der Waals surface area (Å²) in [5.41, 5.74) is 1.90. The molecule has 0 N–H and O–H groups in total. The van der Waals surface area contributed by atoms with E-state index in [1.807, 2.05) is 48.2 Å². The number of hydrogen-bond donors (Lipinski definition) is 0. The van der Waals surface area contributed by atoms with Crippen LogP contribution in [0, 0.1) is 6.92 Å². The van der Waals surface area contributed by atoms with Crippen molar-refractivity contribution in [2.75, 3.05) is 31.1 Å². The zero-order valence-corrected chi connectivity index (χ0v) is 16.8. The molecule has 6 heteroatoms. The number of rotatable bonds is 4. The zero-order valence-electron chi connectivity index (χ0n) is 16.0. The molecule has 1 saturated heterocycles. The first-order valence-electron chi connectivity index (χ1n) is 9.25. The molecule has 0 saturated carbocycles. The first-order valence-corrected chi connectivity index (χ1v) is 9.63. The van der Waals surface area contributed by atoms with Crippen molar-refractivity contribution in [2.24, 2.45) is 0 Å². The van der Waals surface area contributed by atoms with Gasteiger partial charge in [0.05, 0.1) is 0 Å². The highest BCUT2D eigenvalue weighted by Gasteiger charge is 2.21. The van der Waals surface area contributed by atoms with Gasteiger partial charge >= 0.3 is 0 Å². The standard InChI is InChI=1S/C21H25ClN4O/c1-15(2)21-23-16(3)13-19(24-21)25-9-11-26(12-10-25)20(27)8-7-17-5-4-6-18(22)14-17/h4-8,13-15H,9-12H2,1-3H3. The van der Waals surface area contributed by atoms with Crippen LogP contribution in [-0.2, 0) is 4.79 Å². The molecule has 0 spiro atoms. The van der Waals surface area contributed by atoms with Gasteiger partial charge in [0.25, 0.3) is 0 Å². The summed E-state index contributed by atoms with van der Waals surface area (Å²) in [5.74, 6) is 2.14. The molecule has 27 heavy (non-hydrogen) atoms. The summed E-state index contributed by atoms with van der Waals surface area (Å²) in [6, 6.07) is 9.48. The van der Waals surface area contributed by atoms with Gasteiger partial charge in [-0.1, -0.05) is 37.6 Å². The molecule has 0 aliphatic carbocycles. The number of piperazine rings is 1. The predicted molar refractivity (Wildman–Crippen MR) is 110 cm³/mol. The SMILES string of the molecule is Cc1cc(N2CCN(C(=O)C=Cc3cccc(Cl)c3)CC2)nc(C(C)C)n1. The van der Waals surface area contributed by atoms with Gasteiger partial charge in [0.2, 0.25) is 5.91 Å². The number of halogens is 1. The lowest BCUT2D eigenvalue weighted by Gasteiger charge is -2.35. The summed E-state index contributed by atoms with van der Waals surface area (Å²) in [7, 11) is 0. The molecule has 2 aromatic rings. The Bertz CT molecular complexity index is 842. The van der Waals surface area contributed by atoms with Gasteiger partial charge in [-0.15, -0.1) is 0 Å². The second-order valence-electron chi connectivity index (χ2n) is 7.08. The topological polar surface area (TPSA) is 49.3 Å². The molecule has 142 valence electrons. The van der Waals surface area contributed by atoms with Crippen molar-refractivity contribution in [3.8, 4) is 0 Å². The van der Waals surface area contributed by atoms with Crippen molar-refractivity contribution >= 4 is 29.4 Å². The van der Waals surface area contributed by atoms with Crippen molar-refractivity contribution in [1.82, 2.24) is 14.9 Å². The van der Waals surface area contributed by atoms with E-state index < -0.39 is 0 Å². The molecule has 0 bridgehead atoms. The first-order chi connectivity index (χ1) is 12.9. The maximum Gasteiger partial charge on any atom is 0.246 e. The maximum atomic E-state index is 12.5. The minimum atomic E-state index is 0.0244. The molecule has 3 rings (SSSR count). The second kappa shape index (κ2) is 8.53. The number of anilines is 1. The number of carbonyl (C=O) groups excluding carboxylic acids is 1. The van der Waals surface area contributed by atoms with Gasteiger partial charge in [-0.05, 0) is 30.7 Å². The lowest BCUT2D eigenvalue weighted by atomic mass is 10.2. The minimum Gasteiger partial charge on any atom is -0.353 e. The summed E-state index contributed by atoms with van der Waals surface area (Å²) >= 11 is 5.98. The molecular weight excluding hydrogens is 360 g/mol. The molecule has 5 nitrogen and oxygen atoms in total. The van der Waals surface area contributed by atoms with Crippen LogP contribution in [0.3, 0.4) is 0 Å². The largest absolute Gasteiger partial charge is 0.353 e. The Morgan fingerprint density at radius 1 is 1.15 bits per heavy atom. The van der Waals surface area contributed by atoms with E-state index in [-0.39, 0.29) is 5.91 Å². The van der Waals surface area contributed by atoms with Crippen LogP contribution >= 0.6 is 11.6 Å². The molecule has 0 atom stereocenters. The molecular formula is C21H25ClN4O. The van der Waals surface area contributed by atoms with Crippen LogP contribution in [0.15, 0.2) is 36.4 Å². The highest BCUT2D eigenvalue weighted by Crippen LogP contribution is 2.19. The van der Waals surface area contributed by atoms with Gasteiger partial charge in [-0.25, -0.2) is 9.97 Å². The average molecular weight is 385 g/mol. The van der Waals surface area contributed by atoms with E-state index in [0.717, 1.165) is 36.0 Å². The van der Waals surface area contributed by atoms with E-state index in [9.17, 15) is 4.79 Å². The number of nitrogens with zero attached hydrogens (tertiary/aromatic N) is 4. The fraction of sp³-hybridized carbons (Fsp3) is 0.381. The van der Waals surface area contributed by atoms with E-state index in [0.29, 0.717) is 24.0 Å². The van der Waals surface area contributed by atoms with Crippen LogP contribution in [0.4, 0.5) is 5.82 Å². The number of carbonyl (C=O) groups is 1. The zero-order chi connectivity index (χ0) is 19.4. The molecule has 0 radical (unpaired) electrons. The number of hydrogen-bond acceptors (Lipinski definition) is 4. The smallest absolute Gasteiger partial charge is 0.246 e. The van der Waals surface area contributed by atoms with Gasteiger partial charge in [0.15, 0.2) is 0 Å². The fourth-order valence-electron chi connectivity index (χ4n) is 3.03. The molecule has 0 unspecified atom stereocenters. The van der Waals surface area contributed by atoms with Crippen LogP contribution in [0.5, 0.6) is 0 Å². The van der Waals surface area contributed by atoms with Crippen LogP contribution in [0.2, 0.25) is 5.02 Å². The Kier molecular flexibility index (Phi) is 6.11. The summed E-state index contributed by atoms with van der Waals surface area (Å²) in [6.07, 6.45) is 3.43. The predicted octanol–water partition coefficient (Wildman–Crippen LogP) is 3.92. The average Bonchev–Trinajstić information content (AvgIpc) is 2.66. The fourth-order valence-corrected chi connectivity index (χ4v) is 3.23. The van der Waals surface area contributed by atoms with Crippen molar-refractivity contribution in [2.45, 2.75) is 26.7 Å². The van der Waals surface area contributed by atoms with E-state index >= 15 is 0 Å². The Hall–Kier alpha value is -2.40. The van der Waals surface area contributed by atoms with Crippen LogP contribution < -0.4 is 4.90 Å². The van der Waals surface area contributed by atoms with E-state index in [4.69, 9.17) is 16.6 Å². The number of aryl methyl sites for hydroxylation is 1. The number of amides is 1. The molecule has 1 aromatic heterocycles. The monoisotopic (exact) mass is 384 g/mol. The molecule has 1 amide bonds. The van der Waals surface area contributed by atoms with Crippen molar-refractivity contribution < 1.29 is 4.79 Å². The van der Waals surface area contributed by atoms with Gasteiger partial charge in [-0.3, -0.25) is 4.79 Å². The third-order valence-electron chi connectivity index (χ3n) is 4.56. The summed E-state index contributed by atoms with van der Waals surface area (Å²) in [5, 5.41) is 0.666. The third kappa shape index (κ3) is 5.07. The molecule has 1 fully saturated rings. The van der Waals surface area contributed by atoms with Gasteiger partial charge in [0.1, 0.15) is 11.6 Å². The van der Waals surface area contributed by atoms with E-state index in [2.05, 4.69) is 23.7 Å². The van der Waals surface area contributed by atoms with Crippen molar-refractivity contribution in [3.05, 3.63) is 58.5 Å². The number of aromatic nitrogens is 2. The highest BCUT2D eigenvalue weighted by atomic mass is 35.5. The molecule has 1 aromatic carbocycles. The van der Waals surface area contributed by atoms with Gasteiger partial charge < -0.3 is 9.80 Å². The second-order valence-corrected chi connectivity index (χ2v) is 7.52. The Morgan fingerprint density at radius 2 is 1.89 bits per heavy atom. The quantitative estimate of drug-likeness (QED) is 0.749.